The summed E-state index contributed by atoms with van der Waals surface area (Å²) in [5.41, 5.74) is 0. The molecular formula is C9H12ClN7O. The summed E-state index contributed by atoms with van der Waals surface area (Å²) in [5.74, 6) is 0.721. The van der Waals surface area contributed by atoms with Crippen LogP contribution in [0.1, 0.15) is 6.42 Å². The maximum atomic E-state index is 5.82. The van der Waals surface area contributed by atoms with Gasteiger partial charge in [-0.3, -0.25) is 0 Å². The molecule has 0 saturated carbocycles. The monoisotopic (exact) mass is 269 g/mol. The van der Waals surface area contributed by atoms with Crippen LogP contribution in [0, 0.1) is 0 Å². The first-order chi connectivity index (χ1) is 8.79. The van der Waals surface area contributed by atoms with Gasteiger partial charge in [-0.25, -0.2) is 4.98 Å². The predicted molar refractivity (Wildman–Crippen MR) is 64.7 cm³/mol. The molecule has 1 N–H and O–H groups in total. The molecule has 2 rings (SSSR count). The van der Waals surface area contributed by atoms with Gasteiger partial charge < -0.3 is 10.1 Å². The van der Waals surface area contributed by atoms with Crippen LogP contribution in [0.15, 0.2) is 12.7 Å². The molecule has 2 heterocycles. The van der Waals surface area contributed by atoms with Crippen LogP contribution >= 0.6 is 11.6 Å². The molecule has 0 amide bonds. The SMILES string of the molecule is COCCCNc1nc(Cl)nc(-n2cncn2)n1. The van der Waals surface area contributed by atoms with E-state index in [1.165, 1.54) is 17.3 Å². The van der Waals surface area contributed by atoms with Gasteiger partial charge in [0, 0.05) is 20.3 Å². The molecule has 0 unspecified atom stereocenters. The van der Waals surface area contributed by atoms with Gasteiger partial charge >= 0.3 is 0 Å². The number of aromatic nitrogens is 6. The lowest BCUT2D eigenvalue weighted by Gasteiger charge is -2.05. The lowest BCUT2D eigenvalue weighted by molar-refractivity contribution is 0.197. The van der Waals surface area contributed by atoms with Crippen molar-refractivity contribution in [3.8, 4) is 5.95 Å². The molecule has 0 bridgehead atoms. The minimum Gasteiger partial charge on any atom is -0.385 e. The van der Waals surface area contributed by atoms with E-state index in [2.05, 4.69) is 30.4 Å². The van der Waals surface area contributed by atoms with Crippen molar-refractivity contribution in [2.45, 2.75) is 6.42 Å². The van der Waals surface area contributed by atoms with Gasteiger partial charge in [0.1, 0.15) is 12.7 Å². The quantitative estimate of drug-likeness (QED) is 0.766. The molecule has 18 heavy (non-hydrogen) atoms. The highest BCUT2D eigenvalue weighted by Gasteiger charge is 2.06. The van der Waals surface area contributed by atoms with E-state index in [1.54, 1.807) is 7.11 Å². The lowest BCUT2D eigenvalue weighted by Crippen LogP contribution is -2.11. The van der Waals surface area contributed by atoms with E-state index in [4.69, 9.17) is 16.3 Å². The van der Waals surface area contributed by atoms with Crippen molar-refractivity contribution in [1.82, 2.24) is 29.7 Å². The zero-order valence-corrected chi connectivity index (χ0v) is 10.5. The molecule has 2 aromatic heterocycles. The highest BCUT2D eigenvalue weighted by Crippen LogP contribution is 2.08. The molecule has 9 heteroatoms. The van der Waals surface area contributed by atoms with Gasteiger partial charge in [-0.1, -0.05) is 0 Å². The zero-order chi connectivity index (χ0) is 12.8. The Morgan fingerprint density at radius 3 is 3.00 bits per heavy atom. The van der Waals surface area contributed by atoms with Crippen molar-refractivity contribution in [1.29, 1.82) is 0 Å². The van der Waals surface area contributed by atoms with Crippen LogP contribution < -0.4 is 5.32 Å². The number of nitrogens with zero attached hydrogens (tertiary/aromatic N) is 6. The Morgan fingerprint density at radius 2 is 2.28 bits per heavy atom. The Hall–Kier alpha value is -1.80. The van der Waals surface area contributed by atoms with Gasteiger partial charge in [-0.15, -0.1) is 0 Å². The number of ether oxygens (including phenoxy) is 1. The number of methoxy groups -OCH3 is 1. The number of rotatable bonds is 6. The van der Waals surface area contributed by atoms with Crippen LogP contribution in [0.25, 0.3) is 5.95 Å². The molecule has 0 radical (unpaired) electrons. The second-order valence-electron chi connectivity index (χ2n) is 3.34. The first kappa shape index (κ1) is 12.7. The number of anilines is 1. The van der Waals surface area contributed by atoms with Crippen LogP contribution in [-0.2, 0) is 4.74 Å². The van der Waals surface area contributed by atoms with Gasteiger partial charge in [0.05, 0.1) is 0 Å². The third-order valence-electron chi connectivity index (χ3n) is 2.03. The summed E-state index contributed by atoms with van der Waals surface area (Å²) < 4.78 is 6.36. The summed E-state index contributed by atoms with van der Waals surface area (Å²) in [6, 6.07) is 0. The van der Waals surface area contributed by atoms with E-state index in [0.29, 0.717) is 25.0 Å². The average Bonchev–Trinajstić information content (AvgIpc) is 2.88. The molecule has 0 saturated heterocycles. The number of halogens is 1. The highest BCUT2D eigenvalue weighted by atomic mass is 35.5. The summed E-state index contributed by atoms with van der Waals surface area (Å²) in [6.07, 6.45) is 3.72. The van der Waals surface area contributed by atoms with Gasteiger partial charge in [-0.05, 0) is 18.0 Å². The fourth-order valence-corrected chi connectivity index (χ4v) is 1.40. The fourth-order valence-electron chi connectivity index (χ4n) is 1.25. The van der Waals surface area contributed by atoms with Crippen molar-refractivity contribution in [2.24, 2.45) is 0 Å². The highest BCUT2D eigenvalue weighted by molar-refractivity contribution is 6.28. The van der Waals surface area contributed by atoms with Crippen LogP contribution in [0.3, 0.4) is 0 Å². The van der Waals surface area contributed by atoms with Crippen LogP contribution in [-0.4, -0.2) is 50.0 Å². The molecule has 0 aromatic carbocycles. The van der Waals surface area contributed by atoms with Crippen LogP contribution in [0.5, 0.6) is 0 Å². The molecule has 0 atom stereocenters. The van der Waals surface area contributed by atoms with Crippen molar-refractivity contribution in [2.75, 3.05) is 25.6 Å². The molecule has 2 aromatic rings. The van der Waals surface area contributed by atoms with E-state index in [9.17, 15) is 0 Å². The molecule has 0 aliphatic heterocycles. The Labute approximate surface area is 108 Å². The van der Waals surface area contributed by atoms with Gasteiger partial charge in [0.25, 0.3) is 5.95 Å². The molecule has 8 nitrogen and oxygen atoms in total. The largest absolute Gasteiger partial charge is 0.385 e. The minimum absolute atomic E-state index is 0.102. The van der Waals surface area contributed by atoms with Crippen molar-refractivity contribution in [3.05, 3.63) is 17.9 Å². The standard InChI is InChI=1S/C9H12ClN7O/c1-18-4-2-3-12-8-14-7(10)15-9(16-8)17-6-11-5-13-17/h5-6H,2-4H2,1H3,(H,12,14,15,16). The second-order valence-corrected chi connectivity index (χ2v) is 3.68. The Morgan fingerprint density at radius 1 is 1.39 bits per heavy atom. The molecule has 0 aliphatic rings. The second kappa shape index (κ2) is 6.22. The van der Waals surface area contributed by atoms with E-state index in [0.717, 1.165) is 6.42 Å². The van der Waals surface area contributed by atoms with Gasteiger partial charge in [0.2, 0.25) is 11.2 Å². The summed E-state index contributed by atoms with van der Waals surface area (Å²) in [5, 5.41) is 7.06. The van der Waals surface area contributed by atoms with E-state index in [1.807, 2.05) is 0 Å². The Balaban J connectivity index is 2.07. The smallest absolute Gasteiger partial charge is 0.258 e. The van der Waals surface area contributed by atoms with Crippen molar-refractivity contribution >= 4 is 17.5 Å². The van der Waals surface area contributed by atoms with Crippen molar-refractivity contribution in [3.63, 3.8) is 0 Å². The summed E-state index contributed by atoms with van der Waals surface area (Å²) >= 11 is 5.82. The topological polar surface area (TPSA) is 90.6 Å². The lowest BCUT2D eigenvalue weighted by atomic mass is 10.4. The van der Waals surface area contributed by atoms with E-state index in [-0.39, 0.29) is 5.28 Å². The molecule has 0 spiro atoms. The predicted octanol–water partition coefficient (Wildman–Crippen LogP) is 0.554. The van der Waals surface area contributed by atoms with Crippen molar-refractivity contribution < 1.29 is 4.74 Å². The number of nitrogens with one attached hydrogen (secondary N) is 1. The first-order valence-corrected chi connectivity index (χ1v) is 5.67. The fraction of sp³-hybridized carbons (Fsp3) is 0.444. The maximum absolute atomic E-state index is 5.82. The van der Waals surface area contributed by atoms with Crippen LogP contribution in [0.4, 0.5) is 5.95 Å². The molecule has 96 valence electrons. The van der Waals surface area contributed by atoms with E-state index >= 15 is 0 Å². The first-order valence-electron chi connectivity index (χ1n) is 5.29. The third-order valence-corrected chi connectivity index (χ3v) is 2.20. The Kier molecular flexibility index (Phi) is 4.37. The zero-order valence-electron chi connectivity index (χ0n) is 9.75. The summed E-state index contributed by atoms with van der Waals surface area (Å²) in [7, 11) is 1.66. The number of hydrogen-bond donors (Lipinski definition) is 1. The van der Waals surface area contributed by atoms with E-state index < -0.39 is 0 Å². The Bertz CT molecular complexity index is 490. The molecule has 0 fully saturated rings. The van der Waals surface area contributed by atoms with Gasteiger partial charge in [0.15, 0.2) is 0 Å². The average molecular weight is 270 g/mol. The van der Waals surface area contributed by atoms with Crippen LogP contribution in [0.2, 0.25) is 5.28 Å². The minimum atomic E-state index is 0.102. The maximum Gasteiger partial charge on any atom is 0.258 e. The summed E-state index contributed by atoms with van der Waals surface area (Å²) in [6.45, 7) is 1.35. The normalized spacial score (nSPS) is 10.6. The number of hydrogen-bond acceptors (Lipinski definition) is 7. The van der Waals surface area contributed by atoms with Gasteiger partial charge in [-0.2, -0.15) is 24.7 Å². The third kappa shape index (κ3) is 3.34. The molecular weight excluding hydrogens is 258 g/mol. The molecule has 0 aliphatic carbocycles. The summed E-state index contributed by atoms with van der Waals surface area (Å²) in [4.78, 5) is 15.9.